The number of aryl methyl sites for hydroxylation is 1. The molecule has 184 valence electrons. The number of Topliss-reactive ketones (excluding diaryl/α,β-unsaturated/α-hetero) is 1. The molecule has 2 heterocycles. The summed E-state index contributed by atoms with van der Waals surface area (Å²) >= 11 is 10.6. The number of anilines is 1. The van der Waals surface area contributed by atoms with Crippen LogP contribution in [-0.2, 0) is 13.7 Å². The van der Waals surface area contributed by atoms with Crippen molar-refractivity contribution < 1.29 is 4.79 Å². The maximum atomic E-state index is 12.7. The Kier molecular flexibility index (Phi) is 6.38. The van der Waals surface area contributed by atoms with Gasteiger partial charge in [0.25, 0.3) is 0 Å². The topological polar surface area (TPSA) is 32.7 Å². The van der Waals surface area contributed by atoms with Crippen molar-refractivity contribution in [3.63, 3.8) is 0 Å². The van der Waals surface area contributed by atoms with Crippen molar-refractivity contribution in [3.8, 4) is 0 Å². The average Bonchev–Trinajstić information content (AvgIpc) is 3.43. The number of carbonyl (C=O) groups is 1. The molecule has 37 heavy (non-hydrogen) atoms. The molecule has 7 heteroatoms. The number of hydrogen-bond acceptors (Lipinski definition) is 5. The van der Waals surface area contributed by atoms with Gasteiger partial charge in [-0.3, -0.25) is 4.79 Å². The summed E-state index contributed by atoms with van der Waals surface area (Å²) in [6.45, 7) is 3.68. The quantitative estimate of drug-likeness (QED) is 0.221. The van der Waals surface area contributed by atoms with E-state index in [2.05, 4.69) is 141 Å². The SMILES string of the molecule is CC(=O)C1=NN(c2ccc(C)cc2)[C@@]2(S1)SC(c1ccc(Br)cc1)(c1ccc(Br)cc1)c1ccccc12. The third-order valence-electron chi connectivity index (χ3n) is 6.72. The summed E-state index contributed by atoms with van der Waals surface area (Å²) in [5, 5.41) is 7.50. The third-order valence-corrected chi connectivity index (χ3v) is 11.2. The average molecular weight is 650 g/mol. The lowest BCUT2D eigenvalue weighted by Gasteiger charge is -2.37. The van der Waals surface area contributed by atoms with Crippen LogP contribution in [0.15, 0.2) is 111 Å². The van der Waals surface area contributed by atoms with Crippen LogP contribution in [0, 0.1) is 6.92 Å². The van der Waals surface area contributed by atoms with E-state index in [4.69, 9.17) is 5.10 Å². The van der Waals surface area contributed by atoms with Crippen molar-refractivity contribution in [2.45, 2.75) is 22.8 Å². The van der Waals surface area contributed by atoms with Crippen LogP contribution < -0.4 is 5.01 Å². The van der Waals surface area contributed by atoms with E-state index >= 15 is 0 Å². The number of halogens is 2. The van der Waals surface area contributed by atoms with Crippen molar-refractivity contribution in [2.75, 3.05) is 5.01 Å². The Morgan fingerprint density at radius 3 is 1.86 bits per heavy atom. The van der Waals surface area contributed by atoms with Crippen molar-refractivity contribution >= 4 is 71.9 Å². The number of fused-ring (bicyclic) bond motifs is 2. The smallest absolute Gasteiger partial charge is 0.187 e. The van der Waals surface area contributed by atoms with Gasteiger partial charge in [-0.1, -0.05) is 122 Å². The highest BCUT2D eigenvalue weighted by Crippen LogP contribution is 2.70. The highest BCUT2D eigenvalue weighted by Gasteiger charge is 2.61. The van der Waals surface area contributed by atoms with E-state index in [1.807, 2.05) is 11.8 Å². The largest absolute Gasteiger partial charge is 0.292 e. The Morgan fingerprint density at radius 1 is 0.784 bits per heavy atom. The van der Waals surface area contributed by atoms with Crippen LogP contribution in [0.5, 0.6) is 0 Å². The summed E-state index contributed by atoms with van der Waals surface area (Å²) in [5.41, 5.74) is 6.84. The second-order valence-electron chi connectivity index (χ2n) is 9.14. The van der Waals surface area contributed by atoms with Gasteiger partial charge >= 0.3 is 0 Å². The van der Waals surface area contributed by atoms with Crippen molar-refractivity contribution in [2.24, 2.45) is 5.10 Å². The van der Waals surface area contributed by atoms with Crippen molar-refractivity contribution in [3.05, 3.63) is 134 Å². The summed E-state index contributed by atoms with van der Waals surface area (Å²) in [5.74, 6) is -0.0261. The summed E-state index contributed by atoms with van der Waals surface area (Å²) in [7, 11) is 0. The Hall–Kier alpha value is -2.32. The molecule has 0 amide bonds. The predicted molar refractivity (Wildman–Crippen MR) is 163 cm³/mol. The zero-order valence-electron chi connectivity index (χ0n) is 20.1. The standard InChI is InChI=1S/C30H22Br2N2OS2/c1-19-7-17-25(18-8-19)34-30(36-28(33-34)20(2)35)27-6-4-3-5-26(27)29(37-30,21-9-13-23(31)14-10-21)22-11-15-24(32)16-12-22/h3-18H,1-2H3/t30-/m0/s1. The van der Waals surface area contributed by atoms with Crippen LogP contribution >= 0.6 is 55.4 Å². The zero-order valence-corrected chi connectivity index (χ0v) is 24.9. The van der Waals surface area contributed by atoms with Gasteiger partial charge in [-0.05, 0) is 60.0 Å². The summed E-state index contributed by atoms with van der Waals surface area (Å²) in [4.78, 5) is 12.7. The van der Waals surface area contributed by atoms with Gasteiger partial charge in [-0.15, -0.1) is 0 Å². The molecule has 2 aliphatic rings. The van der Waals surface area contributed by atoms with Gasteiger partial charge < -0.3 is 0 Å². The maximum Gasteiger partial charge on any atom is 0.187 e. The summed E-state index contributed by atoms with van der Waals surface area (Å²) in [6.07, 6.45) is 0. The number of carbonyl (C=O) groups excluding carboxylic acids is 1. The molecule has 0 N–H and O–H groups in total. The van der Waals surface area contributed by atoms with Gasteiger partial charge in [0.1, 0.15) is 0 Å². The molecular formula is C30H22Br2N2OS2. The lowest BCUT2D eigenvalue weighted by Crippen LogP contribution is -2.34. The second-order valence-corrected chi connectivity index (χ2v) is 13.8. The van der Waals surface area contributed by atoms with Crippen LogP contribution in [0.25, 0.3) is 0 Å². The van der Waals surface area contributed by atoms with Gasteiger partial charge in [0.05, 0.1) is 10.4 Å². The second kappa shape index (κ2) is 9.45. The molecule has 0 aliphatic carbocycles. The third kappa shape index (κ3) is 4.02. The fourth-order valence-electron chi connectivity index (χ4n) is 4.99. The molecule has 0 radical (unpaired) electrons. The molecule has 0 saturated heterocycles. The van der Waals surface area contributed by atoms with E-state index in [1.165, 1.54) is 22.3 Å². The molecule has 0 fully saturated rings. The minimum Gasteiger partial charge on any atom is -0.292 e. The van der Waals surface area contributed by atoms with Crippen LogP contribution in [-0.4, -0.2) is 10.8 Å². The first-order valence-corrected chi connectivity index (χ1v) is 15.0. The lowest BCUT2D eigenvalue weighted by atomic mass is 9.82. The van der Waals surface area contributed by atoms with E-state index < -0.39 is 8.95 Å². The molecule has 0 aromatic heterocycles. The molecule has 2 aliphatic heterocycles. The lowest BCUT2D eigenvalue weighted by molar-refractivity contribution is -0.110. The first kappa shape index (κ1) is 25.0. The molecule has 0 bridgehead atoms. The minimum atomic E-state index is -0.660. The summed E-state index contributed by atoms with van der Waals surface area (Å²) in [6, 6.07) is 34.1. The number of benzene rings is 4. The van der Waals surface area contributed by atoms with Crippen molar-refractivity contribution in [1.82, 2.24) is 0 Å². The predicted octanol–water partition coefficient (Wildman–Crippen LogP) is 8.82. The maximum absolute atomic E-state index is 12.7. The Labute approximate surface area is 242 Å². The molecule has 6 rings (SSSR count). The number of hydrazone groups is 1. The van der Waals surface area contributed by atoms with E-state index in [0.717, 1.165) is 20.2 Å². The molecule has 3 nitrogen and oxygen atoms in total. The van der Waals surface area contributed by atoms with E-state index in [0.29, 0.717) is 5.04 Å². The van der Waals surface area contributed by atoms with E-state index in [1.54, 1.807) is 18.7 Å². The zero-order chi connectivity index (χ0) is 25.8. The Balaban J connectivity index is 1.64. The van der Waals surface area contributed by atoms with E-state index in [-0.39, 0.29) is 5.78 Å². The highest BCUT2D eigenvalue weighted by atomic mass is 79.9. The molecular weight excluding hydrogens is 628 g/mol. The molecule has 0 unspecified atom stereocenters. The first-order chi connectivity index (χ1) is 17.8. The van der Waals surface area contributed by atoms with Crippen LogP contribution in [0.2, 0.25) is 0 Å². The Bertz CT molecular complexity index is 1490. The van der Waals surface area contributed by atoms with Crippen molar-refractivity contribution in [1.29, 1.82) is 0 Å². The number of hydrogen-bond donors (Lipinski definition) is 0. The fourth-order valence-corrected chi connectivity index (χ4v) is 9.08. The van der Waals surface area contributed by atoms with Gasteiger partial charge in [0, 0.05) is 21.4 Å². The van der Waals surface area contributed by atoms with Gasteiger partial charge in [0.15, 0.2) is 15.0 Å². The van der Waals surface area contributed by atoms with Gasteiger partial charge in [0.2, 0.25) is 0 Å². The summed E-state index contributed by atoms with van der Waals surface area (Å²) < 4.78 is 0.891. The highest BCUT2D eigenvalue weighted by molar-refractivity contribution is 9.10. The number of nitrogens with zero attached hydrogens (tertiary/aromatic N) is 2. The monoisotopic (exact) mass is 648 g/mol. The number of rotatable bonds is 4. The Morgan fingerprint density at radius 2 is 1.32 bits per heavy atom. The molecule has 1 spiro atoms. The number of ketones is 1. The molecule has 0 saturated carbocycles. The minimum absolute atomic E-state index is 0.0261. The first-order valence-electron chi connectivity index (χ1n) is 11.8. The van der Waals surface area contributed by atoms with Crippen LogP contribution in [0.3, 0.4) is 0 Å². The van der Waals surface area contributed by atoms with Crippen LogP contribution in [0.1, 0.15) is 34.7 Å². The van der Waals surface area contributed by atoms with E-state index in [9.17, 15) is 4.79 Å². The number of thioether (sulfide) groups is 2. The van der Waals surface area contributed by atoms with Gasteiger partial charge in [-0.2, -0.15) is 5.10 Å². The molecule has 4 aromatic rings. The molecule has 1 atom stereocenters. The fraction of sp³-hybridized carbons (Fsp3) is 0.133. The van der Waals surface area contributed by atoms with Gasteiger partial charge in [-0.25, -0.2) is 5.01 Å². The van der Waals surface area contributed by atoms with Crippen LogP contribution in [0.4, 0.5) is 5.69 Å². The normalized spacial score (nSPS) is 19.7. The molecule has 4 aromatic carbocycles.